The highest BCUT2D eigenvalue weighted by atomic mass is 32.1. The smallest absolute Gasteiger partial charge is 0.357 e. The van der Waals surface area contributed by atoms with Gasteiger partial charge in [0.1, 0.15) is 21.5 Å². The SMILES string of the molecule is COC(=O)c1csc(-c2ccc(Oc3ccc(-c4nc(C(=O)OC)cs4)cc3)cc2)n1. The Balaban J connectivity index is 1.43. The lowest BCUT2D eigenvalue weighted by molar-refractivity contribution is 0.0586. The molecule has 0 bridgehead atoms. The van der Waals surface area contributed by atoms with Gasteiger partial charge in [0.25, 0.3) is 0 Å². The second-order valence-corrected chi connectivity index (χ2v) is 7.93. The fraction of sp³-hybridized carbons (Fsp3) is 0.0909. The third-order valence-electron chi connectivity index (χ3n) is 4.24. The van der Waals surface area contributed by atoms with E-state index in [2.05, 4.69) is 19.4 Å². The number of carbonyl (C=O) groups is 2. The Kier molecular flexibility index (Phi) is 6.06. The fourth-order valence-electron chi connectivity index (χ4n) is 2.68. The molecular weight excluding hydrogens is 436 g/mol. The molecule has 0 amide bonds. The summed E-state index contributed by atoms with van der Waals surface area (Å²) >= 11 is 2.75. The molecule has 7 nitrogen and oxygen atoms in total. The number of benzene rings is 2. The van der Waals surface area contributed by atoms with Crippen molar-refractivity contribution in [2.45, 2.75) is 0 Å². The van der Waals surface area contributed by atoms with Gasteiger partial charge in [-0.25, -0.2) is 19.6 Å². The van der Waals surface area contributed by atoms with Gasteiger partial charge in [0.15, 0.2) is 11.4 Å². The van der Waals surface area contributed by atoms with Crippen molar-refractivity contribution in [2.75, 3.05) is 14.2 Å². The number of carbonyl (C=O) groups excluding carboxylic acids is 2. The van der Waals surface area contributed by atoms with Crippen molar-refractivity contribution in [1.82, 2.24) is 9.97 Å². The number of rotatable bonds is 6. The Hall–Kier alpha value is -3.56. The van der Waals surface area contributed by atoms with Crippen molar-refractivity contribution in [2.24, 2.45) is 0 Å². The summed E-state index contributed by atoms with van der Waals surface area (Å²) in [4.78, 5) is 31.7. The summed E-state index contributed by atoms with van der Waals surface area (Å²) in [5.74, 6) is 0.433. The lowest BCUT2D eigenvalue weighted by Crippen LogP contribution is -2.00. The summed E-state index contributed by atoms with van der Waals surface area (Å²) in [7, 11) is 2.66. The highest BCUT2D eigenvalue weighted by Crippen LogP contribution is 2.30. The van der Waals surface area contributed by atoms with Gasteiger partial charge in [-0.05, 0) is 48.5 Å². The number of thiazole rings is 2. The fourth-order valence-corrected chi connectivity index (χ4v) is 4.27. The largest absolute Gasteiger partial charge is 0.464 e. The number of ether oxygens (including phenoxy) is 3. The van der Waals surface area contributed by atoms with E-state index in [1.165, 1.54) is 36.9 Å². The summed E-state index contributed by atoms with van der Waals surface area (Å²) < 4.78 is 15.3. The number of hydrogen-bond acceptors (Lipinski definition) is 9. The van der Waals surface area contributed by atoms with Crippen molar-refractivity contribution in [3.63, 3.8) is 0 Å². The number of nitrogens with zero attached hydrogens (tertiary/aromatic N) is 2. The summed E-state index contributed by atoms with van der Waals surface area (Å²) in [6.45, 7) is 0. The Morgan fingerprint density at radius 1 is 0.677 bits per heavy atom. The Morgan fingerprint density at radius 2 is 1.06 bits per heavy atom. The maximum atomic E-state index is 11.6. The van der Waals surface area contributed by atoms with Crippen molar-refractivity contribution in [3.05, 3.63) is 70.7 Å². The van der Waals surface area contributed by atoms with Gasteiger partial charge in [-0.3, -0.25) is 0 Å². The van der Waals surface area contributed by atoms with Crippen molar-refractivity contribution in [1.29, 1.82) is 0 Å². The maximum Gasteiger partial charge on any atom is 0.357 e. The van der Waals surface area contributed by atoms with Gasteiger partial charge < -0.3 is 14.2 Å². The quantitative estimate of drug-likeness (QED) is 0.367. The number of hydrogen-bond donors (Lipinski definition) is 0. The van der Waals surface area contributed by atoms with E-state index < -0.39 is 11.9 Å². The lowest BCUT2D eigenvalue weighted by Gasteiger charge is -2.07. The van der Waals surface area contributed by atoms with E-state index in [1.54, 1.807) is 10.8 Å². The Morgan fingerprint density at radius 3 is 1.42 bits per heavy atom. The zero-order valence-corrected chi connectivity index (χ0v) is 18.2. The van der Waals surface area contributed by atoms with Crippen LogP contribution in [0.25, 0.3) is 21.1 Å². The monoisotopic (exact) mass is 452 g/mol. The van der Waals surface area contributed by atoms with E-state index >= 15 is 0 Å². The lowest BCUT2D eigenvalue weighted by atomic mass is 10.2. The average molecular weight is 453 g/mol. The van der Waals surface area contributed by atoms with E-state index in [9.17, 15) is 9.59 Å². The van der Waals surface area contributed by atoms with Crippen LogP contribution in [0.3, 0.4) is 0 Å². The normalized spacial score (nSPS) is 10.5. The van der Waals surface area contributed by atoms with Crippen LogP contribution in [0.15, 0.2) is 59.3 Å². The van der Waals surface area contributed by atoms with Crippen LogP contribution in [0.5, 0.6) is 11.5 Å². The zero-order chi connectivity index (χ0) is 21.8. The minimum Gasteiger partial charge on any atom is -0.464 e. The molecule has 2 aromatic heterocycles. The molecule has 0 unspecified atom stereocenters. The van der Waals surface area contributed by atoms with Gasteiger partial charge in [-0.2, -0.15) is 0 Å². The Labute approximate surface area is 185 Å². The van der Waals surface area contributed by atoms with Gasteiger partial charge >= 0.3 is 11.9 Å². The zero-order valence-electron chi connectivity index (χ0n) is 16.5. The summed E-state index contributed by atoms with van der Waals surface area (Å²) in [6, 6.07) is 14.9. The molecule has 4 aromatic rings. The van der Waals surface area contributed by atoms with Gasteiger partial charge in [-0.15, -0.1) is 22.7 Å². The van der Waals surface area contributed by atoms with Gasteiger partial charge in [-0.1, -0.05) is 0 Å². The van der Waals surface area contributed by atoms with Crippen LogP contribution in [0.2, 0.25) is 0 Å². The summed E-state index contributed by atoms with van der Waals surface area (Å²) in [6.07, 6.45) is 0. The van der Waals surface area contributed by atoms with Crippen LogP contribution in [-0.2, 0) is 9.47 Å². The third-order valence-corrected chi connectivity index (χ3v) is 6.02. The first-order valence-corrected chi connectivity index (χ1v) is 10.8. The predicted octanol–water partition coefficient (Wildman–Crippen LogP) is 5.30. The molecule has 0 radical (unpaired) electrons. The molecule has 0 N–H and O–H groups in total. The molecule has 0 spiro atoms. The molecule has 4 rings (SSSR count). The molecule has 0 atom stereocenters. The molecule has 0 saturated heterocycles. The topological polar surface area (TPSA) is 87.6 Å². The first-order valence-electron chi connectivity index (χ1n) is 9.04. The molecule has 0 saturated carbocycles. The molecular formula is C22H16N2O5S2. The summed E-state index contributed by atoms with van der Waals surface area (Å²) in [5, 5.41) is 4.80. The minimum atomic E-state index is -0.454. The van der Waals surface area contributed by atoms with E-state index in [0.717, 1.165) is 21.1 Å². The molecule has 0 aliphatic rings. The van der Waals surface area contributed by atoms with Crippen molar-refractivity contribution in [3.8, 4) is 32.6 Å². The number of esters is 2. The van der Waals surface area contributed by atoms with Crippen LogP contribution in [-0.4, -0.2) is 36.1 Å². The van der Waals surface area contributed by atoms with Crippen LogP contribution in [0.1, 0.15) is 21.0 Å². The molecule has 31 heavy (non-hydrogen) atoms. The Bertz CT molecular complexity index is 1120. The number of methoxy groups -OCH3 is 2. The predicted molar refractivity (Wildman–Crippen MR) is 118 cm³/mol. The molecule has 0 aliphatic carbocycles. The first kappa shape index (κ1) is 20.7. The highest BCUT2D eigenvalue weighted by molar-refractivity contribution is 7.13. The standard InChI is InChI=1S/C22H16N2O5S2/c1-27-21(25)17-11-30-19(23-17)13-3-7-15(8-4-13)29-16-9-5-14(6-10-16)20-24-18(12-31-20)22(26)28-2/h3-12H,1-2H3. The molecule has 2 aromatic carbocycles. The van der Waals surface area contributed by atoms with E-state index in [4.69, 9.17) is 4.74 Å². The van der Waals surface area contributed by atoms with Crippen LogP contribution in [0, 0.1) is 0 Å². The first-order chi connectivity index (χ1) is 15.1. The van der Waals surface area contributed by atoms with Crippen molar-refractivity contribution < 1.29 is 23.8 Å². The minimum absolute atomic E-state index is 0.293. The van der Waals surface area contributed by atoms with Gasteiger partial charge in [0, 0.05) is 21.9 Å². The maximum absolute atomic E-state index is 11.6. The van der Waals surface area contributed by atoms with E-state index in [-0.39, 0.29) is 0 Å². The van der Waals surface area contributed by atoms with Gasteiger partial charge in [0.05, 0.1) is 14.2 Å². The van der Waals surface area contributed by atoms with Crippen molar-refractivity contribution >= 4 is 34.6 Å². The third kappa shape index (κ3) is 4.62. The molecule has 9 heteroatoms. The molecule has 0 fully saturated rings. The summed E-state index contributed by atoms with van der Waals surface area (Å²) in [5.41, 5.74) is 2.35. The second-order valence-electron chi connectivity index (χ2n) is 6.21. The highest BCUT2D eigenvalue weighted by Gasteiger charge is 2.13. The average Bonchev–Trinajstić information content (AvgIpc) is 3.50. The van der Waals surface area contributed by atoms with E-state index in [1.807, 2.05) is 48.5 Å². The van der Waals surface area contributed by atoms with Crippen LogP contribution >= 0.6 is 22.7 Å². The number of aromatic nitrogens is 2. The van der Waals surface area contributed by atoms with Crippen LogP contribution in [0.4, 0.5) is 0 Å². The molecule has 156 valence electrons. The second kappa shape index (κ2) is 9.07. The molecule has 0 aliphatic heterocycles. The van der Waals surface area contributed by atoms with E-state index in [0.29, 0.717) is 22.9 Å². The molecule has 2 heterocycles. The van der Waals surface area contributed by atoms with Gasteiger partial charge in [0.2, 0.25) is 0 Å². The van der Waals surface area contributed by atoms with Crippen LogP contribution < -0.4 is 4.74 Å².